The van der Waals surface area contributed by atoms with E-state index in [1.54, 1.807) is 18.3 Å². The van der Waals surface area contributed by atoms with E-state index in [1.807, 2.05) is 31.2 Å². The van der Waals surface area contributed by atoms with Crippen molar-refractivity contribution in [2.75, 3.05) is 10.6 Å². The number of alkyl halides is 3. The molecule has 0 unspecified atom stereocenters. The van der Waals surface area contributed by atoms with E-state index in [4.69, 9.17) is 0 Å². The van der Waals surface area contributed by atoms with Gasteiger partial charge in [0.05, 0.1) is 17.4 Å². The molecule has 0 aliphatic heterocycles. The predicted molar refractivity (Wildman–Crippen MR) is 98.1 cm³/mol. The van der Waals surface area contributed by atoms with Gasteiger partial charge in [0.15, 0.2) is 0 Å². The first-order valence-electron chi connectivity index (χ1n) is 8.09. The van der Waals surface area contributed by atoms with Crippen LogP contribution in [0.15, 0.2) is 66.9 Å². The van der Waals surface area contributed by atoms with Gasteiger partial charge in [-0.25, -0.2) is 4.98 Å². The average Bonchev–Trinajstić information content (AvgIpc) is 2.64. The van der Waals surface area contributed by atoms with E-state index in [9.17, 15) is 18.0 Å². The summed E-state index contributed by atoms with van der Waals surface area (Å²) in [5, 5.41) is 5.74. The minimum absolute atomic E-state index is 0.117. The summed E-state index contributed by atoms with van der Waals surface area (Å²) >= 11 is 0. The Bertz CT molecular complexity index is 919. The summed E-state index contributed by atoms with van der Waals surface area (Å²) in [6.07, 6.45) is -2.88. The molecule has 0 bridgehead atoms. The van der Waals surface area contributed by atoms with Crippen LogP contribution >= 0.6 is 0 Å². The summed E-state index contributed by atoms with van der Waals surface area (Å²) in [4.78, 5) is 16.3. The lowest BCUT2D eigenvalue weighted by atomic mass is 10.1. The highest BCUT2D eigenvalue weighted by Crippen LogP contribution is 2.29. The van der Waals surface area contributed by atoms with E-state index in [1.165, 1.54) is 0 Å². The van der Waals surface area contributed by atoms with E-state index in [0.29, 0.717) is 5.82 Å². The highest BCUT2D eigenvalue weighted by Gasteiger charge is 2.30. The Morgan fingerprint density at radius 1 is 0.889 bits per heavy atom. The van der Waals surface area contributed by atoms with E-state index in [0.717, 1.165) is 41.2 Å². The zero-order valence-electron chi connectivity index (χ0n) is 14.3. The zero-order chi connectivity index (χ0) is 19.4. The maximum atomic E-state index is 12.6. The van der Waals surface area contributed by atoms with Gasteiger partial charge in [-0.15, -0.1) is 0 Å². The van der Waals surface area contributed by atoms with Crippen molar-refractivity contribution < 1.29 is 18.0 Å². The smallest absolute Gasteiger partial charge is 0.354 e. The monoisotopic (exact) mass is 371 g/mol. The Morgan fingerprint density at radius 2 is 1.52 bits per heavy atom. The van der Waals surface area contributed by atoms with Gasteiger partial charge in [-0.05, 0) is 55.5 Å². The SMILES string of the molecule is Cc1ccc(Nc2ccc(NC(=O)c3ccc(C(F)(F)F)cc3)nc2)cc1. The van der Waals surface area contributed by atoms with Crippen molar-refractivity contribution in [3.63, 3.8) is 0 Å². The summed E-state index contributed by atoms with van der Waals surface area (Å²) in [6, 6.07) is 15.2. The maximum Gasteiger partial charge on any atom is 0.416 e. The molecule has 7 heteroatoms. The quantitative estimate of drug-likeness (QED) is 0.645. The minimum atomic E-state index is -4.43. The number of anilines is 3. The molecule has 2 N–H and O–H groups in total. The summed E-state index contributed by atoms with van der Waals surface area (Å²) in [5.41, 5.74) is 2.12. The van der Waals surface area contributed by atoms with E-state index >= 15 is 0 Å². The third kappa shape index (κ3) is 4.84. The van der Waals surface area contributed by atoms with Crippen LogP contribution in [0.25, 0.3) is 0 Å². The van der Waals surface area contributed by atoms with E-state index < -0.39 is 17.6 Å². The summed E-state index contributed by atoms with van der Waals surface area (Å²) < 4.78 is 37.7. The molecule has 1 amide bonds. The van der Waals surface area contributed by atoms with Gasteiger partial charge in [-0.3, -0.25) is 4.79 Å². The van der Waals surface area contributed by atoms with E-state index in [2.05, 4.69) is 15.6 Å². The van der Waals surface area contributed by atoms with Crippen molar-refractivity contribution in [3.8, 4) is 0 Å². The predicted octanol–water partition coefficient (Wildman–Crippen LogP) is 5.40. The van der Waals surface area contributed by atoms with Crippen LogP contribution < -0.4 is 10.6 Å². The van der Waals surface area contributed by atoms with Gasteiger partial charge in [0.2, 0.25) is 0 Å². The number of amides is 1. The molecule has 1 heterocycles. The number of nitrogens with zero attached hydrogens (tertiary/aromatic N) is 1. The van der Waals surface area contributed by atoms with Gasteiger partial charge in [0.1, 0.15) is 5.82 Å². The first-order valence-corrected chi connectivity index (χ1v) is 8.09. The number of aromatic nitrogens is 1. The zero-order valence-corrected chi connectivity index (χ0v) is 14.3. The molecule has 4 nitrogen and oxygen atoms in total. The maximum absolute atomic E-state index is 12.6. The fourth-order valence-corrected chi connectivity index (χ4v) is 2.34. The van der Waals surface area contributed by atoms with Crippen LogP contribution in [0.3, 0.4) is 0 Å². The molecule has 0 aliphatic carbocycles. The van der Waals surface area contributed by atoms with Crippen molar-refractivity contribution in [1.82, 2.24) is 4.98 Å². The number of carbonyl (C=O) groups is 1. The standard InChI is InChI=1S/C20H16F3N3O/c1-13-2-8-16(9-3-13)25-17-10-11-18(24-12-17)26-19(27)14-4-6-15(7-5-14)20(21,22)23/h2-12,25H,1H3,(H,24,26,27). The Kier molecular flexibility index (Phi) is 5.12. The van der Waals surface area contributed by atoms with Crippen LogP contribution in [-0.2, 0) is 6.18 Å². The van der Waals surface area contributed by atoms with Gasteiger partial charge in [-0.2, -0.15) is 13.2 Å². The molecule has 0 aliphatic rings. The number of benzene rings is 2. The number of pyridine rings is 1. The second-order valence-electron chi connectivity index (χ2n) is 5.95. The Hall–Kier alpha value is -3.35. The number of rotatable bonds is 4. The molecule has 27 heavy (non-hydrogen) atoms. The van der Waals surface area contributed by atoms with Crippen molar-refractivity contribution in [2.24, 2.45) is 0 Å². The topological polar surface area (TPSA) is 54.0 Å². The van der Waals surface area contributed by atoms with Crippen molar-refractivity contribution in [2.45, 2.75) is 13.1 Å². The van der Waals surface area contributed by atoms with Crippen LogP contribution in [0, 0.1) is 6.92 Å². The van der Waals surface area contributed by atoms with Crippen molar-refractivity contribution >= 4 is 23.1 Å². The van der Waals surface area contributed by atoms with Crippen LogP contribution in [0.2, 0.25) is 0 Å². The molecular weight excluding hydrogens is 355 g/mol. The molecule has 0 atom stereocenters. The fraction of sp³-hybridized carbons (Fsp3) is 0.100. The van der Waals surface area contributed by atoms with Gasteiger partial charge in [-0.1, -0.05) is 17.7 Å². The molecule has 3 aromatic rings. The van der Waals surface area contributed by atoms with Gasteiger partial charge in [0, 0.05) is 11.3 Å². The lowest BCUT2D eigenvalue weighted by Crippen LogP contribution is -2.13. The summed E-state index contributed by atoms with van der Waals surface area (Å²) in [5.74, 6) is -0.232. The van der Waals surface area contributed by atoms with Crippen LogP contribution in [0.4, 0.5) is 30.4 Å². The molecule has 0 fully saturated rings. The Morgan fingerprint density at radius 3 is 2.07 bits per heavy atom. The average molecular weight is 371 g/mol. The number of aryl methyl sites for hydroxylation is 1. The number of nitrogens with one attached hydrogen (secondary N) is 2. The summed E-state index contributed by atoms with van der Waals surface area (Å²) in [7, 11) is 0. The number of hydrogen-bond donors (Lipinski definition) is 2. The third-order valence-corrected chi connectivity index (χ3v) is 3.82. The van der Waals surface area contributed by atoms with E-state index in [-0.39, 0.29) is 5.56 Å². The third-order valence-electron chi connectivity index (χ3n) is 3.82. The van der Waals surface area contributed by atoms with Gasteiger partial charge >= 0.3 is 6.18 Å². The highest BCUT2D eigenvalue weighted by atomic mass is 19.4. The largest absolute Gasteiger partial charge is 0.416 e. The lowest BCUT2D eigenvalue weighted by Gasteiger charge is -2.09. The number of halogens is 3. The highest BCUT2D eigenvalue weighted by molar-refractivity contribution is 6.03. The molecule has 3 rings (SSSR count). The second kappa shape index (κ2) is 7.49. The van der Waals surface area contributed by atoms with Crippen molar-refractivity contribution in [3.05, 3.63) is 83.6 Å². The minimum Gasteiger partial charge on any atom is -0.354 e. The molecular formula is C20H16F3N3O. The molecule has 0 saturated carbocycles. The van der Waals surface area contributed by atoms with Crippen LogP contribution in [0.1, 0.15) is 21.5 Å². The number of hydrogen-bond acceptors (Lipinski definition) is 3. The first-order chi connectivity index (χ1) is 12.8. The number of carbonyl (C=O) groups excluding carboxylic acids is 1. The lowest BCUT2D eigenvalue weighted by molar-refractivity contribution is -0.137. The molecule has 138 valence electrons. The summed E-state index contributed by atoms with van der Waals surface area (Å²) in [6.45, 7) is 2.00. The normalized spacial score (nSPS) is 11.1. The van der Waals surface area contributed by atoms with Gasteiger partial charge < -0.3 is 10.6 Å². The Balaban J connectivity index is 1.63. The Labute approximate surface area is 154 Å². The van der Waals surface area contributed by atoms with Crippen LogP contribution in [0.5, 0.6) is 0 Å². The first kappa shape index (κ1) is 18.4. The van der Waals surface area contributed by atoms with Crippen molar-refractivity contribution in [1.29, 1.82) is 0 Å². The molecule has 0 saturated heterocycles. The second-order valence-corrected chi connectivity index (χ2v) is 5.95. The molecule has 2 aromatic carbocycles. The van der Waals surface area contributed by atoms with Gasteiger partial charge in [0.25, 0.3) is 5.91 Å². The van der Waals surface area contributed by atoms with Crippen LogP contribution in [-0.4, -0.2) is 10.9 Å². The molecule has 0 radical (unpaired) electrons. The molecule has 0 spiro atoms. The fourth-order valence-electron chi connectivity index (χ4n) is 2.34. The molecule has 1 aromatic heterocycles.